The molecule has 0 N–H and O–H groups in total. The largest absolute Gasteiger partial charge is 0.342 e. The van der Waals surface area contributed by atoms with E-state index in [0.29, 0.717) is 12.3 Å². The zero-order valence-corrected chi connectivity index (χ0v) is 16.1. The molecular formula is C21H24N4OS. The molecule has 1 aliphatic heterocycles. The van der Waals surface area contributed by atoms with Gasteiger partial charge < -0.3 is 9.47 Å². The van der Waals surface area contributed by atoms with Crippen molar-refractivity contribution >= 4 is 17.2 Å². The van der Waals surface area contributed by atoms with Gasteiger partial charge in [-0.1, -0.05) is 6.07 Å². The molecule has 4 heterocycles. The van der Waals surface area contributed by atoms with E-state index in [9.17, 15) is 4.79 Å². The van der Waals surface area contributed by atoms with Gasteiger partial charge in [-0.25, -0.2) is 4.98 Å². The molecule has 1 fully saturated rings. The molecule has 4 rings (SSSR count). The minimum atomic E-state index is 0.258. The van der Waals surface area contributed by atoms with E-state index in [4.69, 9.17) is 0 Å². The highest BCUT2D eigenvalue weighted by Gasteiger charge is 2.27. The van der Waals surface area contributed by atoms with Crippen LogP contribution >= 0.6 is 11.3 Å². The monoisotopic (exact) mass is 380 g/mol. The normalized spacial score (nSPS) is 17.2. The number of amides is 1. The van der Waals surface area contributed by atoms with Gasteiger partial charge in [-0.05, 0) is 53.8 Å². The third-order valence-corrected chi connectivity index (χ3v) is 5.89. The summed E-state index contributed by atoms with van der Waals surface area (Å²) < 4.78 is 2.17. The third kappa shape index (κ3) is 4.45. The molecule has 6 heteroatoms. The van der Waals surface area contributed by atoms with Crippen molar-refractivity contribution in [2.45, 2.75) is 38.1 Å². The van der Waals surface area contributed by atoms with E-state index in [1.165, 1.54) is 5.56 Å². The molecule has 1 aliphatic rings. The predicted molar refractivity (Wildman–Crippen MR) is 107 cm³/mol. The fourth-order valence-corrected chi connectivity index (χ4v) is 4.44. The van der Waals surface area contributed by atoms with Crippen LogP contribution in [-0.4, -0.2) is 38.4 Å². The van der Waals surface area contributed by atoms with Crippen LogP contribution in [0.15, 0.2) is 53.6 Å². The zero-order valence-electron chi connectivity index (χ0n) is 15.3. The smallest absolute Gasteiger partial charge is 0.222 e. The Kier molecular flexibility index (Phi) is 5.63. The molecule has 3 aromatic rings. The van der Waals surface area contributed by atoms with Gasteiger partial charge in [-0.2, -0.15) is 11.3 Å². The van der Waals surface area contributed by atoms with Crippen LogP contribution in [0.5, 0.6) is 0 Å². The Morgan fingerprint density at radius 2 is 2.19 bits per heavy atom. The summed E-state index contributed by atoms with van der Waals surface area (Å²) in [5.74, 6) is 1.62. The Morgan fingerprint density at radius 3 is 3.00 bits per heavy atom. The number of hydrogen-bond acceptors (Lipinski definition) is 4. The first-order valence-corrected chi connectivity index (χ1v) is 10.4. The number of carbonyl (C=O) groups is 1. The van der Waals surface area contributed by atoms with Crippen molar-refractivity contribution < 1.29 is 4.79 Å². The van der Waals surface area contributed by atoms with Crippen molar-refractivity contribution in [3.8, 4) is 0 Å². The number of aryl methyl sites for hydroxylation is 1. The minimum Gasteiger partial charge on any atom is -0.342 e. The number of thiophene rings is 1. The Labute approximate surface area is 163 Å². The lowest BCUT2D eigenvalue weighted by molar-refractivity contribution is -0.132. The number of hydrogen-bond donors (Lipinski definition) is 0. The summed E-state index contributed by atoms with van der Waals surface area (Å²) in [5, 5.41) is 4.19. The van der Waals surface area contributed by atoms with Gasteiger partial charge >= 0.3 is 0 Å². The second-order valence-corrected chi connectivity index (χ2v) is 7.82. The number of imidazole rings is 1. The molecule has 3 aromatic heterocycles. The Morgan fingerprint density at radius 1 is 1.22 bits per heavy atom. The van der Waals surface area contributed by atoms with Gasteiger partial charge in [0.1, 0.15) is 5.82 Å². The van der Waals surface area contributed by atoms with E-state index in [2.05, 4.69) is 31.4 Å². The number of rotatable bonds is 6. The number of piperidine rings is 1. The maximum Gasteiger partial charge on any atom is 0.222 e. The first-order valence-electron chi connectivity index (χ1n) is 9.49. The molecule has 1 atom stereocenters. The molecule has 0 unspecified atom stereocenters. The molecule has 0 bridgehead atoms. The van der Waals surface area contributed by atoms with E-state index in [-0.39, 0.29) is 5.91 Å². The lowest BCUT2D eigenvalue weighted by Crippen LogP contribution is -2.39. The summed E-state index contributed by atoms with van der Waals surface area (Å²) in [6, 6.07) is 8.07. The van der Waals surface area contributed by atoms with Crippen LogP contribution in [0.25, 0.3) is 0 Å². The molecule has 0 spiro atoms. The highest BCUT2D eigenvalue weighted by molar-refractivity contribution is 7.07. The lowest BCUT2D eigenvalue weighted by Gasteiger charge is -2.32. The fourth-order valence-electron chi connectivity index (χ4n) is 3.74. The van der Waals surface area contributed by atoms with Gasteiger partial charge in [0, 0.05) is 44.0 Å². The molecule has 0 aliphatic carbocycles. The van der Waals surface area contributed by atoms with Crippen LogP contribution in [0.3, 0.4) is 0 Å². The van der Waals surface area contributed by atoms with Gasteiger partial charge in [-0.15, -0.1) is 0 Å². The average Bonchev–Trinajstić information content (AvgIpc) is 3.39. The van der Waals surface area contributed by atoms with E-state index < -0.39 is 0 Å². The van der Waals surface area contributed by atoms with Crippen molar-refractivity contribution in [2.75, 3.05) is 13.1 Å². The number of likely N-dealkylation sites (tertiary alicyclic amines) is 1. The van der Waals surface area contributed by atoms with E-state index in [1.54, 1.807) is 11.3 Å². The molecule has 1 saturated heterocycles. The van der Waals surface area contributed by atoms with Crippen LogP contribution in [0.4, 0.5) is 0 Å². The second kappa shape index (κ2) is 8.48. The van der Waals surface area contributed by atoms with Crippen LogP contribution < -0.4 is 0 Å². The summed E-state index contributed by atoms with van der Waals surface area (Å²) in [6.45, 7) is 2.35. The van der Waals surface area contributed by atoms with E-state index in [1.807, 2.05) is 41.7 Å². The summed E-state index contributed by atoms with van der Waals surface area (Å²) >= 11 is 1.69. The zero-order chi connectivity index (χ0) is 18.5. The van der Waals surface area contributed by atoms with E-state index >= 15 is 0 Å². The summed E-state index contributed by atoms with van der Waals surface area (Å²) in [6.07, 6.45) is 9.22. The standard InChI is InChI=1S/C21H24N4OS/c26-20(7-6-17-8-13-27-16-17)24-11-3-4-18(14-24)21-23-10-12-25(21)15-19-5-1-2-9-22-19/h1-2,5,8-10,12-13,16,18H,3-4,6-7,11,14-15H2/t18-/m0/s1. The number of pyridine rings is 1. The molecule has 1 amide bonds. The summed E-state index contributed by atoms with van der Waals surface area (Å²) in [7, 11) is 0. The Hall–Kier alpha value is -2.47. The quantitative estimate of drug-likeness (QED) is 0.655. The second-order valence-electron chi connectivity index (χ2n) is 7.04. The van der Waals surface area contributed by atoms with Crippen molar-refractivity contribution in [3.63, 3.8) is 0 Å². The fraction of sp³-hybridized carbons (Fsp3) is 0.381. The van der Waals surface area contributed by atoms with Crippen LogP contribution in [0.2, 0.25) is 0 Å². The van der Waals surface area contributed by atoms with Crippen LogP contribution in [0, 0.1) is 0 Å². The highest BCUT2D eigenvalue weighted by atomic mass is 32.1. The van der Waals surface area contributed by atoms with Crippen molar-refractivity contribution in [1.82, 2.24) is 19.4 Å². The third-order valence-electron chi connectivity index (χ3n) is 5.15. The first kappa shape index (κ1) is 17.9. The van der Waals surface area contributed by atoms with Crippen LogP contribution in [0.1, 0.15) is 42.3 Å². The maximum absolute atomic E-state index is 12.7. The summed E-state index contributed by atoms with van der Waals surface area (Å²) in [5.41, 5.74) is 2.28. The maximum atomic E-state index is 12.7. The molecule has 0 saturated carbocycles. The molecular weight excluding hydrogens is 356 g/mol. The Bertz CT molecular complexity index is 859. The number of carbonyl (C=O) groups excluding carboxylic acids is 1. The molecule has 140 valence electrons. The van der Waals surface area contributed by atoms with Gasteiger partial charge in [0.05, 0.1) is 12.2 Å². The molecule has 27 heavy (non-hydrogen) atoms. The molecule has 5 nitrogen and oxygen atoms in total. The number of nitrogens with zero attached hydrogens (tertiary/aromatic N) is 4. The first-order chi connectivity index (χ1) is 13.3. The van der Waals surface area contributed by atoms with E-state index in [0.717, 1.165) is 50.4 Å². The predicted octanol–water partition coefficient (Wildman–Crippen LogP) is 3.73. The van der Waals surface area contributed by atoms with Crippen molar-refractivity contribution in [1.29, 1.82) is 0 Å². The van der Waals surface area contributed by atoms with Crippen LogP contribution in [-0.2, 0) is 17.8 Å². The Balaban J connectivity index is 1.40. The molecule has 0 radical (unpaired) electrons. The summed E-state index contributed by atoms with van der Waals surface area (Å²) in [4.78, 5) is 23.7. The molecule has 0 aromatic carbocycles. The van der Waals surface area contributed by atoms with Crippen molar-refractivity contribution in [2.24, 2.45) is 0 Å². The SMILES string of the molecule is O=C(CCc1ccsc1)N1CCC[C@H](c2nccn2Cc2ccccn2)C1. The average molecular weight is 381 g/mol. The van der Waals surface area contributed by atoms with Gasteiger partial charge in [0.2, 0.25) is 5.91 Å². The lowest BCUT2D eigenvalue weighted by atomic mass is 9.96. The van der Waals surface area contributed by atoms with Gasteiger partial charge in [0.15, 0.2) is 0 Å². The van der Waals surface area contributed by atoms with Gasteiger partial charge in [-0.3, -0.25) is 9.78 Å². The topological polar surface area (TPSA) is 51.0 Å². The highest BCUT2D eigenvalue weighted by Crippen LogP contribution is 2.27. The minimum absolute atomic E-state index is 0.258. The number of aromatic nitrogens is 3. The van der Waals surface area contributed by atoms with Gasteiger partial charge in [0.25, 0.3) is 0 Å². The van der Waals surface area contributed by atoms with Crippen molar-refractivity contribution in [3.05, 3.63) is 70.7 Å².